The van der Waals surface area contributed by atoms with Crippen molar-refractivity contribution >= 4 is 0 Å². The normalized spacial score (nSPS) is 12.5. The van der Waals surface area contributed by atoms with Crippen LogP contribution < -0.4 is 4.74 Å². The number of methoxy groups -OCH3 is 1. The lowest BCUT2D eigenvalue weighted by Crippen LogP contribution is -2.19. The molecule has 1 aromatic heterocycles. The van der Waals surface area contributed by atoms with Gasteiger partial charge >= 0.3 is 12.4 Å². The number of hydrogen-bond acceptors (Lipinski definition) is 3. The Kier molecular flexibility index (Phi) is 3.56. The fourth-order valence-corrected chi connectivity index (χ4v) is 1.65. The van der Waals surface area contributed by atoms with E-state index in [1.807, 2.05) is 0 Å². The van der Waals surface area contributed by atoms with E-state index in [0.29, 0.717) is 0 Å². The number of rotatable bonds is 2. The van der Waals surface area contributed by atoms with E-state index < -0.39 is 29.7 Å². The fraction of sp³-hybridized carbons (Fsp3) is 0.273. The molecule has 0 amide bonds. The molecule has 2 rings (SSSR count). The van der Waals surface area contributed by atoms with E-state index in [9.17, 15) is 26.3 Å². The molecule has 1 aromatic carbocycles. The van der Waals surface area contributed by atoms with Crippen LogP contribution in [0.15, 0.2) is 24.3 Å². The summed E-state index contributed by atoms with van der Waals surface area (Å²) in [5.41, 5.74) is -0.404. The monoisotopic (exact) mass is 311 g/mol. The predicted molar refractivity (Wildman–Crippen MR) is 57.9 cm³/mol. The van der Waals surface area contributed by atoms with Gasteiger partial charge in [0.15, 0.2) is 0 Å². The Morgan fingerprint density at radius 1 is 0.952 bits per heavy atom. The van der Waals surface area contributed by atoms with Crippen LogP contribution in [0.1, 0.15) is 11.6 Å². The summed E-state index contributed by atoms with van der Waals surface area (Å²) in [6.07, 6.45) is -10.2. The fourth-order valence-electron chi connectivity index (χ4n) is 1.65. The van der Waals surface area contributed by atoms with Crippen molar-refractivity contribution in [3.05, 3.63) is 35.9 Å². The molecule has 0 aliphatic heterocycles. The lowest BCUT2D eigenvalue weighted by atomic mass is 10.3. The zero-order valence-electron chi connectivity index (χ0n) is 10.3. The SMILES string of the molecule is COc1cccc(-n2c(C(F)(F)F)nnc2C(F)(F)F)c1. The predicted octanol–water partition coefficient (Wildman–Crippen LogP) is 3.31. The topological polar surface area (TPSA) is 39.9 Å². The number of ether oxygens (including phenoxy) is 1. The number of alkyl halides is 6. The first kappa shape index (κ1) is 15.1. The van der Waals surface area contributed by atoms with Gasteiger partial charge in [-0.15, -0.1) is 10.2 Å². The minimum Gasteiger partial charge on any atom is -0.497 e. The second-order valence-electron chi connectivity index (χ2n) is 3.88. The summed E-state index contributed by atoms with van der Waals surface area (Å²) in [5.74, 6) is -3.42. The third kappa shape index (κ3) is 2.93. The highest BCUT2D eigenvalue weighted by atomic mass is 19.4. The third-order valence-electron chi connectivity index (χ3n) is 2.48. The van der Waals surface area contributed by atoms with Gasteiger partial charge < -0.3 is 4.74 Å². The summed E-state index contributed by atoms with van der Waals surface area (Å²) < 4.78 is 81.5. The molecule has 0 unspecified atom stereocenters. The van der Waals surface area contributed by atoms with Crippen molar-refractivity contribution < 1.29 is 31.1 Å². The maximum atomic E-state index is 12.8. The van der Waals surface area contributed by atoms with E-state index in [4.69, 9.17) is 4.74 Å². The number of halogens is 6. The standard InChI is InChI=1S/C11H7F6N3O/c1-21-7-4-2-3-6(5-7)20-8(10(12,13)14)18-19-9(20)11(15,16)17/h2-5H,1H3. The maximum Gasteiger partial charge on any atom is 0.452 e. The Bertz CT molecular complexity index is 615. The number of nitrogens with zero attached hydrogens (tertiary/aromatic N) is 3. The van der Waals surface area contributed by atoms with Crippen molar-refractivity contribution in [2.24, 2.45) is 0 Å². The summed E-state index contributed by atoms with van der Waals surface area (Å²) >= 11 is 0. The Hall–Kier alpha value is -2.26. The van der Waals surface area contributed by atoms with E-state index in [0.717, 1.165) is 12.1 Å². The second-order valence-corrected chi connectivity index (χ2v) is 3.88. The molecule has 0 saturated heterocycles. The molecule has 0 atom stereocenters. The van der Waals surface area contributed by atoms with Crippen LogP contribution in [0.25, 0.3) is 5.69 Å². The van der Waals surface area contributed by atoms with Crippen LogP contribution in [0.3, 0.4) is 0 Å². The highest BCUT2D eigenvalue weighted by Gasteiger charge is 2.45. The molecule has 0 aliphatic rings. The zero-order chi connectivity index (χ0) is 15.8. The Balaban J connectivity index is 2.72. The van der Waals surface area contributed by atoms with E-state index in [2.05, 4.69) is 10.2 Å². The van der Waals surface area contributed by atoms with Gasteiger partial charge in [-0.25, -0.2) is 0 Å². The van der Waals surface area contributed by atoms with Crippen molar-refractivity contribution in [1.82, 2.24) is 14.8 Å². The van der Waals surface area contributed by atoms with Crippen LogP contribution in [0.5, 0.6) is 5.75 Å². The molecule has 0 spiro atoms. The van der Waals surface area contributed by atoms with Crippen LogP contribution in [-0.4, -0.2) is 21.9 Å². The van der Waals surface area contributed by atoms with Gasteiger partial charge in [-0.2, -0.15) is 26.3 Å². The van der Waals surface area contributed by atoms with Crippen molar-refractivity contribution in [3.8, 4) is 11.4 Å². The minimum atomic E-state index is -5.08. The second kappa shape index (κ2) is 4.93. The number of hydrogen-bond donors (Lipinski definition) is 0. The average Bonchev–Trinajstić information content (AvgIpc) is 2.83. The average molecular weight is 311 g/mol. The number of benzene rings is 1. The van der Waals surface area contributed by atoms with Crippen molar-refractivity contribution in [2.75, 3.05) is 7.11 Å². The van der Waals surface area contributed by atoms with Gasteiger partial charge in [-0.3, -0.25) is 4.57 Å². The summed E-state index contributed by atoms with van der Waals surface area (Å²) in [6, 6.07) is 4.73. The molecule has 0 saturated carbocycles. The van der Waals surface area contributed by atoms with Gasteiger partial charge in [0.25, 0.3) is 0 Å². The van der Waals surface area contributed by atoms with Gasteiger partial charge in [-0.1, -0.05) is 6.07 Å². The molecule has 1 heterocycles. The molecule has 4 nitrogen and oxygen atoms in total. The Morgan fingerprint density at radius 3 is 1.90 bits per heavy atom. The molecule has 0 radical (unpaired) electrons. The van der Waals surface area contributed by atoms with Gasteiger partial charge in [0, 0.05) is 6.07 Å². The van der Waals surface area contributed by atoms with E-state index in [1.54, 1.807) is 0 Å². The number of aromatic nitrogens is 3. The van der Waals surface area contributed by atoms with Gasteiger partial charge in [0.05, 0.1) is 12.8 Å². The van der Waals surface area contributed by atoms with Crippen LogP contribution in [0, 0.1) is 0 Å². The van der Waals surface area contributed by atoms with E-state index in [1.165, 1.54) is 19.2 Å². The molecule has 0 aliphatic carbocycles. The lowest BCUT2D eigenvalue weighted by Gasteiger charge is -2.14. The molecule has 2 aromatic rings. The van der Waals surface area contributed by atoms with Crippen LogP contribution in [-0.2, 0) is 12.4 Å². The molecule has 0 N–H and O–H groups in total. The first-order valence-electron chi connectivity index (χ1n) is 5.39. The zero-order valence-corrected chi connectivity index (χ0v) is 10.3. The molecule has 0 fully saturated rings. The quantitative estimate of drug-likeness (QED) is 0.799. The van der Waals surface area contributed by atoms with Gasteiger partial charge in [0.1, 0.15) is 5.75 Å². The largest absolute Gasteiger partial charge is 0.497 e. The van der Waals surface area contributed by atoms with Crippen molar-refractivity contribution in [2.45, 2.75) is 12.4 Å². The van der Waals surface area contributed by atoms with Crippen LogP contribution >= 0.6 is 0 Å². The summed E-state index contributed by atoms with van der Waals surface area (Å²) in [6.45, 7) is 0. The van der Waals surface area contributed by atoms with Gasteiger partial charge in [0.2, 0.25) is 11.6 Å². The molecular weight excluding hydrogens is 304 g/mol. The Morgan fingerprint density at radius 2 is 1.48 bits per heavy atom. The van der Waals surface area contributed by atoms with Crippen LogP contribution in [0.4, 0.5) is 26.3 Å². The summed E-state index contributed by atoms with van der Waals surface area (Å²) in [5, 5.41) is 5.23. The van der Waals surface area contributed by atoms with E-state index in [-0.39, 0.29) is 10.3 Å². The Labute approximate surface area is 114 Å². The molecule has 21 heavy (non-hydrogen) atoms. The lowest BCUT2D eigenvalue weighted by molar-refractivity contribution is -0.153. The molecule has 10 heteroatoms. The van der Waals surface area contributed by atoms with Crippen molar-refractivity contribution in [1.29, 1.82) is 0 Å². The van der Waals surface area contributed by atoms with Crippen molar-refractivity contribution in [3.63, 3.8) is 0 Å². The molecule has 114 valence electrons. The minimum absolute atomic E-state index is 0.0947. The van der Waals surface area contributed by atoms with E-state index >= 15 is 0 Å². The van der Waals surface area contributed by atoms with Crippen LogP contribution in [0.2, 0.25) is 0 Å². The first-order valence-corrected chi connectivity index (χ1v) is 5.39. The summed E-state index contributed by atoms with van der Waals surface area (Å²) in [4.78, 5) is 0. The highest BCUT2D eigenvalue weighted by molar-refractivity contribution is 5.41. The third-order valence-corrected chi connectivity index (χ3v) is 2.48. The maximum absolute atomic E-state index is 12.8. The van der Waals surface area contributed by atoms with Gasteiger partial charge in [-0.05, 0) is 12.1 Å². The summed E-state index contributed by atoms with van der Waals surface area (Å²) in [7, 11) is 1.24. The molecular formula is C11H7F6N3O. The highest BCUT2D eigenvalue weighted by Crippen LogP contribution is 2.36. The smallest absolute Gasteiger partial charge is 0.452 e. The first-order chi connectivity index (χ1) is 9.64. The molecule has 0 bridgehead atoms.